The van der Waals surface area contributed by atoms with Crippen LogP contribution in [-0.4, -0.2) is 7.11 Å². The van der Waals surface area contributed by atoms with Crippen molar-refractivity contribution in [3.63, 3.8) is 0 Å². The highest BCUT2D eigenvalue weighted by atomic mass is 16.5. The summed E-state index contributed by atoms with van der Waals surface area (Å²) < 4.78 is 11.0. The Morgan fingerprint density at radius 1 is 1.22 bits per heavy atom. The highest BCUT2D eigenvalue weighted by Gasteiger charge is 2.13. The lowest BCUT2D eigenvalue weighted by molar-refractivity contribution is 0.402. The lowest BCUT2D eigenvalue weighted by atomic mass is 10.0. The molecule has 1 aromatic heterocycles. The number of para-hydroxylation sites is 1. The molecule has 0 fully saturated rings. The Kier molecular flexibility index (Phi) is 4.05. The van der Waals surface area contributed by atoms with Gasteiger partial charge in [-0.3, -0.25) is 0 Å². The van der Waals surface area contributed by atoms with E-state index in [2.05, 4.69) is 6.92 Å². The van der Waals surface area contributed by atoms with Crippen molar-refractivity contribution >= 4 is 0 Å². The molecule has 0 amide bonds. The summed E-state index contributed by atoms with van der Waals surface area (Å²) >= 11 is 0. The third-order valence-electron chi connectivity index (χ3n) is 3.03. The van der Waals surface area contributed by atoms with Gasteiger partial charge >= 0.3 is 0 Å². The maximum atomic E-state index is 6.17. The molecule has 2 aromatic rings. The Balaban J connectivity index is 2.13. The minimum atomic E-state index is -0.137. The molecule has 0 saturated heterocycles. The van der Waals surface area contributed by atoms with E-state index in [9.17, 15) is 0 Å². The number of methoxy groups -OCH3 is 1. The smallest absolute Gasteiger partial charge is 0.122 e. The van der Waals surface area contributed by atoms with Gasteiger partial charge in [0, 0.05) is 6.42 Å². The first-order chi connectivity index (χ1) is 8.74. The Morgan fingerprint density at radius 3 is 2.67 bits per heavy atom. The topological polar surface area (TPSA) is 48.4 Å². The molecule has 0 saturated carbocycles. The number of benzene rings is 1. The summed E-state index contributed by atoms with van der Waals surface area (Å²) in [5.41, 5.74) is 7.27. The van der Waals surface area contributed by atoms with E-state index in [4.69, 9.17) is 14.9 Å². The number of hydrogen-bond donors (Lipinski definition) is 1. The summed E-state index contributed by atoms with van der Waals surface area (Å²) in [6.45, 7) is 2.06. The molecule has 0 radical (unpaired) electrons. The number of hydrogen-bond acceptors (Lipinski definition) is 3. The maximum absolute atomic E-state index is 6.17. The average molecular weight is 245 g/mol. The Morgan fingerprint density at radius 2 is 2.00 bits per heavy atom. The molecule has 1 heterocycles. The van der Waals surface area contributed by atoms with Crippen LogP contribution in [0, 0.1) is 0 Å². The van der Waals surface area contributed by atoms with Crippen LogP contribution in [0.4, 0.5) is 0 Å². The molecule has 18 heavy (non-hydrogen) atoms. The molecule has 3 nitrogen and oxygen atoms in total. The van der Waals surface area contributed by atoms with Crippen LogP contribution in [0.15, 0.2) is 40.8 Å². The van der Waals surface area contributed by atoms with Gasteiger partial charge in [-0.25, -0.2) is 0 Å². The lowest BCUT2D eigenvalue weighted by Crippen LogP contribution is -2.13. The zero-order chi connectivity index (χ0) is 13.0. The third-order valence-corrected chi connectivity index (χ3v) is 3.03. The Labute approximate surface area is 108 Å². The fraction of sp³-hybridized carbons (Fsp3) is 0.333. The predicted octanol–water partition coefficient (Wildman–Crippen LogP) is 3.09. The van der Waals surface area contributed by atoms with Gasteiger partial charge in [0.15, 0.2) is 0 Å². The molecule has 96 valence electrons. The van der Waals surface area contributed by atoms with E-state index in [1.807, 2.05) is 36.4 Å². The van der Waals surface area contributed by atoms with Gasteiger partial charge in [0.25, 0.3) is 0 Å². The zero-order valence-electron chi connectivity index (χ0n) is 10.8. The fourth-order valence-corrected chi connectivity index (χ4v) is 1.99. The first-order valence-electron chi connectivity index (χ1n) is 6.20. The van der Waals surface area contributed by atoms with Crippen molar-refractivity contribution in [2.45, 2.75) is 25.8 Å². The SMILES string of the molecule is CCc1ccc(C(N)Cc2ccccc2OC)o1. The quantitative estimate of drug-likeness (QED) is 0.880. The van der Waals surface area contributed by atoms with E-state index in [1.165, 1.54) is 0 Å². The predicted molar refractivity (Wildman–Crippen MR) is 71.7 cm³/mol. The van der Waals surface area contributed by atoms with Gasteiger partial charge in [0.1, 0.15) is 17.3 Å². The molecule has 0 aliphatic heterocycles. The first kappa shape index (κ1) is 12.7. The zero-order valence-corrected chi connectivity index (χ0v) is 10.8. The molecule has 1 atom stereocenters. The summed E-state index contributed by atoms with van der Waals surface area (Å²) in [4.78, 5) is 0. The van der Waals surface area contributed by atoms with E-state index >= 15 is 0 Å². The number of aryl methyl sites for hydroxylation is 1. The third kappa shape index (κ3) is 2.74. The van der Waals surface area contributed by atoms with Crippen LogP contribution in [0.3, 0.4) is 0 Å². The molecule has 0 spiro atoms. The van der Waals surface area contributed by atoms with Crippen molar-refractivity contribution in [1.29, 1.82) is 0 Å². The molecule has 1 aromatic carbocycles. The summed E-state index contributed by atoms with van der Waals surface area (Å²) in [5, 5.41) is 0. The molecular weight excluding hydrogens is 226 g/mol. The van der Waals surface area contributed by atoms with Crippen LogP contribution in [0.5, 0.6) is 5.75 Å². The molecule has 0 bridgehead atoms. The minimum absolute atomic E-state index is 0.137. The molecule has 0 aliphatic rings. The number of furan rings is 1. The highest BCUT2D eigenvalue weighted by molar-refractivity contribution is 5.34. The minimum Gasteiger partial charge on any atom is -0.496 e. The summed E-state index contributed by atoms with van der Waals surface area (Å²) in [5.74, 6) is 2.67. The van der Waals surface area contributed by atoms with Gasteiger partial charge < -0.3 is 14.9 Å². The van der Waals surface area contributed by atoms with Gasteiger partial charge in [0.05, 0.1) is 13.2 Å². The average Bonchev–Trinajstić information content (AvgIpc) is 2.88. The van der Waals surface area contributed by atoms with Crippen LogP contribution in [0.25, 0.3) is 0 Å². The van der Waals surface area contributed by atoms with Crippen LogP contribution in [0.2, 0.25) is 0 Å². The molecule has 0 aliphatic carbocycles. The highest BCUT2D eigenvalue weighted by Crippen LogP contribution is 2.24. The normalized spacial score (nSPS) is 12.4. The first-order valence-corrected chi connectivity index (χ1v) is 6.20. The van der Waals surface area contributed by atoms with E-state index < -0.39 is 0 Å². The van der Waals surface area contributed by atoms with Gasteiger partial charge in [-0.2, -0.15) is 0 Å². The van der Waals surface area contributed by atoms with Crippen molar-refractivity contribution in [1.82, 2.24) is 0 Å². The second-order valence-electron chi connectivity index (χ2n) is 4.28. The molecular formula is C15H19NO2. The summed E-state index contributed by atoms with van der Waals surface area (Å²) in [6.07, 6.45) is 1.60. The van der Waals surface area contributed by atoms with Gasteiger partial charge in [-0.15, -0.1) is 0 Å². The monoisotopic (exact) mass is 245 g/mol. The van der Waals surface area contributed by atoms with Crippen molar-refractivity contribution in [3.8, 4) is 5.75 Å². The fourth-order valence-electron chi connectivity index (χ4n) is 1.99. The van der Waals surface area contributed by atoms with Crippen molar-refractivity contribution < 1.29 is 9.15 Å². The van der Waals surface area contributed by atoms with Crippen molar-refractivity contribution in [3.05, 3.63) is 53.5 Å². The molecule has 1 unspecified atom stereocenters. The maximum Gasteiger partial charge on any atom is 0.122 e. The molecule has 2 N–H and O–H groups in total. The van der Waals surface area contributed by atoms with Gasteiger partial charge in [-0.1, -0.05) is 25.1 Å². The number of ether oxygens (including phenoxy) is 1. The lowest BCUT2D eigenvalue weighted by Gasteiger charge is -2.12. The molecule has 2 rings (SSSR count). The van der Waals surface area contributed by atoms with Gasteiger partial charge in [0.2, 0.25) is 0 Å². The standard InChI is InChI=1S/C15H19NO2/c1-3-12-8-9-15(18-12)13(16)10-11-6-4-5-7-14(11)17-2/h4-9,13H,3,10,16H2,1-2H3. The van der Waals surface area contributed by atoms with Crippen molar-refractivity contribution in [2.24, 2.45) is 5.73 Å². The van der Waals surface area contributed by atoms with Gasteiger partial charge in [-0.05, 0) is 30.2 Å². The van der Waals surface area contributed by atoms with Crippen LogP contribution >= 0.6 is 0 Å². The van der Waals surface area contributed by atoms with E-state index in [0.717, 1.165) is 29.3 Å². The van der Waals surface area contributed by atoms with Crippen LogP contribution < -0.4 is 10.5 Å². The Bertz CT molecular complexity index is 505. The van der Waals surface area contributed by atoms with E-state index in [-0.39, 0.29) is 6.04 Å². The van der Waals surface area contributed by atoms with Crippen molar-refractivity contribution in [2.75, 3.05) is 7.11 Å². The summed E-state index contributed by atoms with van der Waals surface area (Å²) in [6, 6.07) is 11.7. The summed E-state index contributed by atoms with van der Waals surface area (Å²) in [7, 11) is 1.67. The number of nitrogens with two attached hydrogens (primary N) is 1. The second-order valence-corrected chi connectivity index (χ2v) is 4.28. The largest absolute Gasteiger partial charge is 0.496 e. The van der Waals surface area contributed by atoms with Crippen LogP contribution in [0.1, 0.15) is 30.0 Å². The van der Waals surface area contributed by atoms with E-state index in [0.29, 0.717) is 6.42 Å². The van der Waals surface area contributed by atoms with E-state index in [1.54, 1.807) is 7.11 Å². The number of rotatable bonds is 5. The van der Waals surface area contributed by atoms with Crippen LogP contribution in [-0.2, 0) is 12.8 Å². The second kappa shape index (κ2) is 5.74. The Hall–Kier alpha value is -1.74. The molecule has 3 heteroatoms.